The van der Waals surface area contributed by atoms with Crippen LogP contribution in [-0.2, 0) is 9.53 Å². The minimum atomic E-state index is -0.740. The van der Waals surface area contributed by atoms with E-state index in [4.69, 9.17) is 10.00 Å². The van der Waals surface area contributed by atoms with Crippen LogP contribution in [0.4, 0.5) is 5.69 Å². The van der Waals surface area contributed by atoms with Crippen molar-refractivity contribution in [3.05, 3.63) is 45.0 Å². The molecule has 0 saturated heterocycles. The number of ether oxygens (including phenoxy) is 1. The molecule has 0 aliphatic carbocycles. The lowest BCUT2D eigenvalue weighted by Gasteiger charge is -2.07. The van der Waals surface area contributed by atoms with Crippen molar-refractivity contribution in [3.8, 4) is 6.07 Å². The van der Waals surface area contributed by atoms with E-state index in [2.05, 4.69) is 0 Å². The molecule has 21 heavy (non-hydrogen) atoms. The average Bonchev–Trinajstić information content (AvgIpc) is 2.44. The van der Waals surface area contributed by atoms with Crippen LogP contribution in [0.2, 0.25) is 0 Å². The van der Waals surface area contributed by atoms with E-state index < -0.39 is 10.9 Å². The van der Waals surface area contributed by atoms with Crippen LogP contribution in [0.15, 0.2) is 23.8 Å². The third-order valence-corrected chi connectivity index (χ3v) is 2.80. The van der Waals surface area contributed by atoms with Gasteiger partial charge in [-0.25, -0.2) is 4.79 Å². The highest BCUT2D eigenvalue weighted by Gasteiger charge is 2.17. The normalized spacial score (nSPS) is 11.1. The molecule has 110 valence electrons. The number of rotatable bonds is 5. The molecule has 6 heteroatoms. The van der Waals surface area contributed by atoms with Gasteiger partial charge in [-0.05, 0) is 24.5 Å². The van der Waals surface area contributed by atoms with Gasteiger partial charge in [-0.1, -0.05) is 26.0 Å². The molecule has 0 aliphatic heterocycles. The van der Waals surface area contributed by atoms with Crippen molar-refractivity contribution < 1.29 is 14.5 Å². The zero-order valence-electron chi connectivity index (χ0n) is 12.1. The predicted molar refractivity (Wildman–Crippen MR) is 77.4 cm³/mol. The monoisotopic (exact) mass is 288 g/mol. The number of nitriles is 1. The van der Waals surface area contributed by atoms with Crippen molar-refractivity contribution in [2.75, 3.05) is 6.61 Å². The predicted octanol–water partition coefficient (Wildman–Crippen LogP) is 3.19. The first-order valence-electron chi connectivity index (χ1n) is 6.48. The van der Waals surface area contributed by atoms with E-state index in [9.17, 15) is 14.9 Å². The van der Waals surface area contributed by atoms with Crippen LogP contribution in [0.25, 0.3) is 6.08 Å². The minimum absolute atomic E-state index is 0.00363. The summed E-state index contributed by atoms with van der Waals surface area (Å²) < 4.78 is 4.74. The average molecular weight is 288 g/mol. The van der Waals surface area contributed by atoms with Gasteiger partial charge in [0, 0.05) is 11.6 Å². The van der Waals surface area contributed by atoms with Crippen molar-refractivity contribution in [1.29, 1.82) is 5.26 Å². The minimum Gasteiger partial charge on any atom is -0.462 e. The van der Waals surface area contributed by atoms with E-state index in [1.165, 1.54) is 12.1 Å². The zero-order chi connectivity index (χ0) is 16.0. The standard InChI is InChI=1S/C15H16N2O4/c1-4-21-15(18)12(9-16)7-11-5-6-13(10(2)3)14(8-11)17(19)20/h5-8,10H,4H2,1-3H3/b12-7+. The number of nitro benzene ring substituents is 1. The molecule has 0 fully saturated rings. The summed E-state index contributed by atoms with van der Waals surface area (Å²) in [5.74, 6) is -0.737. The molecule has 0 aromatic heterocycles. The number of hydrogen-bond donors (Lipinski definition) is 0. The topological polar surface area (TPSA) is 93.2 Å². The van der Waals surface area contributed by atoms with Crippen LogP contribution in [0.5, 0.6) is 0 Å². The van der Waals surface area contributed by atoms with Gasteiger partial charge in [-0.2, -0.15) is 5.26 Å². The molecule has 0 N–H and O–H groups in total. The lowest BCUT2D eigenvalue weighted by molar-refractivity contribution is -0.385. The molecular weight excluding hydrogens is 272 g/mol. The molecule has 0 atom stereocenters. The van der Waals surface area contributed by atoms with Crippen molar-refractivity contribution in [2.24, 2.45) is 0 Å². The molecule has 0 spiro atoms. The molecule has 6 nitrogen and oxygen atoms in total. The summed E-state index contributed by atoms with van der Waals surface area (Å²) in [5, 5.41) is 20.1. The Labute approximate surface area is 122 Å². The highest BCUT2D eigenvalue weighted by Crippen LogP contribution is 2.28. The maximum absolute atomic E-state index is 11.5. The zero-order valence-corrected chi connectivity index (χ0v) is 12.1. The maximum atomic E-state index is 11.5. The van der Waals surface area contributed by atoms with E-state index in [1.54, 1.807) is 25.1 Å². The summed E-state index contributed by atoms with van der Waals surface area (Å²) in [6.45, 7) is 5.51. The van der Waals surface area contributed by atoms with Gasteiger partial charge in [0.05, 0.1) is 11.5 Å². The van der Waals surface area contributed by atoms with Gasteiger partial charge in [0.15, 0.2) is 0 Å². The summed E-state index contributed by atoms with van der Waals surface area (Å²) in [7, 11) is 0. The van der Waals surface area contributed by atoms with E-state index in [1.807, 2.05) is 13.8 Å². The Morgan fingerprint density at radius 3 is 2.67 bits per heavy atom. The van der Waals surface area contributed by atoms with Crippen LogP contribution in [0.1, 0.15) is 37.8 Å². The van der Waals surface area contributed by atoms with Crippen molar-refractivity contribution >= 4 is 17.7 Å². The van der Waals surface area contributed by atoms with Gasteiger partial charge in [0.2, 0.25) is 0 Å². The fourth-order valence-corrected chi connectivity index (χ4v) is 1.81. The first-order chi connectivity index (χ1) is 9.90. The Kier molecular flexibility index (Phi) is 5.61. The second-order valence-electron chi connectivity index (χ2n) is 4.62. The molecule has 1 rings (SSSR count). The maximum Gasteiger partial charge on any atom is 0.348 e. The van der Waals surface area contributed by atoms with Crippen molar-refractivity contribution in [3.63, 3.8) is 0 Å². The van der Waals surface area contributed by atoms with Gasteiger partial charge in [0.1, 0.15) is 11.6 Å². The highest BCUT2D eigenvalue weighted by atomic mass is 16.6. The summed E-state index contributed by atoms with van der Waals surface area (Å²) in [6.07, 6.45) is 1.29. The Hall–Kier alpha value is -2.68. The van der Waals surface area contributed by atoms with Gasteiger partial charge in [-0.3, -0.25) is 10.1 Å². The van der Waals surface area contributed by atoms with E-state index in [0.29, 0.717) is 11.1 Å². The molecular formula is C15H16N2O4. The lowest BCUT2D eigenvalue weighted by Crippen LogP contribution is -2.06. The summed E-state index contributed by atoms with van der Waals surface area (Å²) in [4.78, 5) is 22.2. The van der Waals surface area contributed by atoms with E-state index in [0.717, 1.165) is 0 Å². The van der Waals surface area contributed by atoms with Crippen molar-refractivity contribution in [1.82, 2.24) is 0 Å². The Morgan fingerprint density at radius 1 is 1.52 bits per heavy atom. The van der Waals surface area contributed by atoms with Gasteiger partial charge < -0.3 is 4.74 Å². The van der Waals surface area contributed by atoms with Crippen LogP contribution in [0.3, 0.4) is 0 Å². The molecule has 1 aromatic rings. The summed E-state index contributed by atoms with van der Waals surface area (Å²) in [6, 6.07) is 6.36. The van der Waals surface area contributed by atoms with Gasteiger partial charge in [0.25, 0.3) is 5.69 Å². The summed E-state index contributed by atoms with van der Waals surface area (Å²) >= 11 is 0. The number of carbonyl (C=O) groups is 1. The second-order valence-corrected chi connectivity index (χ2v) is 4.62. The van der Waals surface area contributed by atoms with Crippen LogP contribution < -0.4 is 0 Å². The second kappa shape index (κ2) is 7.20. The van der Waals surface area contributed by atoms with Crippen LogP contribution in [-0.4, -0.2) is 17.5 Å². The smallest absolute Gasteiger partial charge is 0.348 e. The fourth-order valence-electron chi connectivity index (χ4n) is 1.81. The molecule has 0 radical (unpaired) electrons. The Balaban J connectivity index is 3.26. The van der Waals surface area contributed by atoms with Gasteiger partial charge >= 0.3 is 5.97 Å². The SMILES string of the molecule is CCOC(=O)/C(C#N)=C/c1ccc(C(C)C)c([N+](=O)[O-])c1. The van der Waals surface area contributed by atoms with Crippen LogP contribution in [0, 0.1) is 21.4 Å². The van der Waals surface area contributed by atoms with E-state index in [-0.39, 0.29) is 23.8 Å². The molecule has 0 aliphatic rings. The third-order valence-electron chi connectivity index (χ3n) is 2.80. The first kappa shape index (κ1) is 16.4. The number of esters is 1. The fraction of sp³-hybridized carbons (Fsp3) is 0.333. The molecule has 0 unspecified atom stereocenters. The molecule has 0 amide bonds. The molecule has 1 aromatic carbocycles. The molecule has 0 heterocycles. The number of nitrogens with zero attached hydrogens (tertiary/aromatic N) is 2. The number of hydrogen-bond acceptors (Lipinski definition) is 5. The number of benzene rings is 1. The van der Waals surface area contributed by atoms with Crippen molar-refractivity contribution in [2.45, 2.75) is 26.7 Å². The van der Waals surface area contributed by atoms with E-state index >= 15 is 0 Å². The van der Waals surface area contributed by atoms with Crippen LogP contribution >= 0.6 is 0 Å². The highest BCUT2D eigenvalue weighted by molar-refractivity contribution is 5.97. The van der Waals surface area contributed by atoms with Gasteiger partial charge in [-0.15, -0.1) is 0 Å². The number of nitro groups is 1. The number of carbonyl (C=O) groups excluding carboxylic acids is 1. The molecule has 0 bridgehead atoms. The Morgan fingerprint density at radius 2 is 2.19 bits per heavy atom. The quantitative estimate of drug-likeness (QED) is 0.273. The third kappa shape index (κ3) is 4.14. The molecule has 0 saturated carbocycles. The Bertz CT molecular complexity index is 627. The largest absolute Gasteiger partial charge is 0.462 e. The summed E-state index contributed by atoms with van der Waals surface area (Å²) in [5.41, 5.74) is 0.797. The first-order valence-corrected chi connectivity index (χ1v) is 6.48. The lowest BCUT2D eigenvalue weighted by atomic mass is 9.98.